The van der Waals surface area contributed by atoms with Crippen LogP contribution >= 0.6 is 11.6 Å². The Morgan fingerprint density at radius 1 is 1.11 bits per heavy atom. The Kier molecular flexibility index (Phi) is 5.05. The van der Waals surface area contributed by atoms with Crippen LogP contribution < -0.4 is 10.2 Å². The number of nitrogens with zero attached hydrogens (tertiary/aromatic N) is 2. The van der Waals surface area contributed by atoms with Crippen molar-refractivity contribution < 1.29 is 9.21 Å². The van der Waals surface area contributed by atoms with Crippen LogP contribution in [0.25, 0.3) is 11.0 Å². The van der Waals surface area contributed by atoms with Gasteiger partial charge in [-0.2, -0.15) is 0 Å². The highest BCUT2D eigenvalue weighted by molar-refractivity contribution is 6.31. The molecule has 1 aliphatic rings. The Morgan fingerprint density at radius 2 is 1.89 bits per heavy atom. The minimum absolute atomic E-state index is 0.276. The van der Waals surface area contributed by atoms with Gasteiger partial charge in [-0.1, -0.05) is 36.7 Å². The largest absolute Gasteiger partial charge is 0.451 e. The summed E-state index contributed by atoms with van der Waals surface area (Å²) in [6.45, 7) is 7.10. The first-order chi connectivity index (χ1) is 13.1. The number of para-hydroxylation sites is 1. The second-order valence-corrected chi connectivity index (χ2v) is 7.12. The summed E-state index contributed by atoms with van der Waals surface area (Å²) in [4.78, 5) is 17.5. The number of hydrogen-bond acceptors (Lipinski definition) is 4. The highest BCUT2D eigenvalue weighted by atomic mass is 35.5. The van der Waals surface area contributed by atoms with Crippen LogP contribution in [-0.2, 0) is 0 Å². The Morgan fingerprint density at radius 3 is 2.63 bits per heavy atom. The second kappa shape index (κ2) is 7.62. The minimum Gasteiger partial charge on any atom is -0.451 e. The fourth-order valence-corrected chi connectivity index (χ4v) is 3.64. The molecule has 1 aliphatic heterocycles. The van der Waals surface area contributed by atoms with Crippen LogP contribution in [0, 0.1) is 0 Å². The Hall–Kier alpha value is -2.50. The number of fused-ring (bicyclic) bond motifs is 1. The standard InChI is InChI=1S/C21H22ClN3O2/c1-2-24-9-11-25(12-10-24)18-8-7-16(22)14-17(18)23-21(26)20-13-15-5-3-4-6-19(15)27-20/h3-8,13-14H,2,9-12H2,1H3,(H,23,26). The van der Waals surface area contributed by atoms with Crippen molar-refractivity contribution in [2.24, 2.45) is 0 Å². The number of rotatable bonds is 4. The molecule has 1 saturated heterocycles. The molecule has 0 spiro atoms. The number of piperazine rings is 1. The molecule has 6 heteroatoms. The lowest BCUT2D eigenvalue weighted by Crippen LogP contribution is -2.46. The number of carbonyl (C=O) groups excluding carboxylic acids is 1. The van der Waals surface area contributed by atoms with E-state index in [1.807, 2.05) is 36.4 Å². The molecule has 5 nitrogen and oxygen atoms in total. The summed E-state index contributed by atoms with van der Waals surface area (Å²) in [5, 5.41) is 4.47. The van der Waals surface area contributed by atoms with Crippen molar-refractivity contribution in [3.05, 3.63) is 59.3 Å². The van der Waals surface area contributed by atoms with Gasteiger partial charge in [0.2, 0.25) is 0 Å². The van der Waals surface area contributed by atoms with Crippen LogP contribution in [0.4, 0.5) is 11.4 Å². The normalized spacial score (nSPS) is 15.3. The first-order valence-electron chi connectivity index (χ1n) is 9.21. The number of hydrogen-bond donors (Lipinski definition) is 1. The number of anilines is 2. The smallest absolute Gasteiger partial charge is 0.291 e. The zero-order valence-corrected chi connectivity index (χ0v) is 16.0. The molecule has 0 aliphatic carbocycles. The molecular formula is C21H22ClN3O2. The maximum Gasteiger partial charge on any atom is 0.291 e. The Bertz CT molecular complexity index is 928. The lowest BCUT2D eigenvalue weighted by atomic mass is 10.2. The van der Waals surface area contributed by atoms with Crippen molar-refractivity contribution in [2.45, 2.75) is 6.92 Å². The predicted molar refractivity (Wildman–Crippen MR) is 110 cm³/mol. The molecular weight excluding hydrogens is 362 g/mol. The van der Waals surface area contributed by atoms with E-state index in [1.165, 1.54) is 0 Å². The molecule has 1 fully saturated rings. The zero-order valence-electron chi connectivity index (χ0n) is 15.2. The quantitative estimate of drug-likeness (QED) is 0.721. The van der Waals surface area contributed by atoms with E-state index in [0.29, 0.717) is 16.3 Å². The summed E-state index contributed by atoms with van der Waals surface area (Å²) in [5.41, 5.74) is 2.39. The second-order valence-electron chi connectivity index (χ2n) is 6.69. The van der Waals surface area contributed by atoms with Gasteiger partial charge < -0.3 is 19.5 Å². The highest BCUT2D eigenvalue weighted by Crippen LogP contribution is 2.31. The van der Waals surface area contributed by atoms with Gasteiger partial charge in [-0.15, -0.1) is 0 Å². The summed E-state index contributed by atoms with van der Waals surface area (Å²) >= 11 is 6.19. The fraction of sp³-hybridized carbons (Fsp3) is 0.286. The molecule has 0 radical (unpaired) electrons. The van der Waals surface area contributed by atoms with Crippen molar-refractivity contribution in [3.63, 3.8) is 0 Å². The SMILES string of the molecule is CCN1CCN(c2ccc(Cl)cc2NC(=O)c2cc3ccccc3o2)CC1. The van der Waals surface area contributed by atoms with Crippen LogP contribution in [0.15, 0.2) is 52.9 Å². The zero-order chi connectivity index (χ0) is 18.8. The monoisotopic (exact) mass is 383 g/mol. The van der Waals surface area contributed by atoms with Crippen LogP contribution in [0.2, 0.25) is 5.02 Å². The van der Waals surface area contributed by atoms with Gasteiger partial charge in [0.05, 0.1) is 11.4 Å². The van der Waals surface area contributed by atoms with Gasteiger partial charge in [-0.25, -0.2) is 0 Å². The first-order valence-corrected chi connectivity index (χ1v) is 9.58. The average Bonchev–Trinajstić information content (AvgIpc) is 3.13. The van der Waals surface area contributed by atoms with E-state index in [2.05, 4.69) is 22.0 Å². The van der Waals surface area contributed by atoms with E-state index < -0.39 is 0 Å². The maximum absolute atomic E-state index is 12.8. The molecule has 140 valence electrons. The maximum atomic E-state index is 12.8. The van der Waals surface area contributed by atoms with E-state index in [0.717, 1.165) is 43.8 Å². The fourth-order valence-electron chi connectivity index (χ4n) is 3.47. The van der Waals surface area contributed by atoms with Crippen LogP contribution in [0.3, 0.4) is 0 Å². The van der Waals surface area contributed by atoms with Crippen molar-refractivity contribution >= 4 is 39.9 Å². The number of furan rings is 1. The van der Waals surface area contributed by atoms with E-state index in [4.69, 9.17) is 16.0 Å². The van der Waals surface area contributed by atoms with E-state index in [9.17, 15) is 4.79 Å². The number of carbonyl (C=O) groups is 1. The van der Waals surface area contributed by atoms with Crippen molar-refractivity contribution in [1.29, 1.82) is 0 Å². The van der Waals surface area contributed by atoms with Crippen LogP contribution in [-0.4, -0.2) is 43.5 Å². The van der Waals surface area contributed by atoms with Crippen LogP contribution in [0.1, 0.15) is 17.5 Å². The lowest BCUT2D eigenvalue weighted by molar-refractivity contribution is 0.0998. The molecule has 0 unspecified atom stereocenters. The number of halogens is 1. The van der Waals surface area contributed by atoms with Crippen LogP contribution in [0.5, 0.6) is 0 Å². The molecule has 0 saturated carbocycles. The summed E-state index contributed by atoms with van der Waals surface area (Å²) in [6, 6.07) is 15.0. The third-order valence-corrected chi connectivity index (χ3v) is 5.25. The molecule has 2 aromatic carbocycles. The summed E-state index contributed by atoms with van der Waals surface area (Å²) in [7, 11) is 0. The molecule has 1 aromatic heterocycles. The minimum atomic E-state index is -0.276. The van der Waals surface area contributed by atoms with Crippen molar-refractivity contribution in [1.82, 2.24) is 4.90 Å². The van der Waals surface area contributed by atoms with E-state index in [-0.39, 0.29) is 11.7 Å². The van der Waals surface area contributed by atoms with E-state index >= 15 is 0 Å². The number of amides is 1. The summed E-state index contributed by atoms with van der Waals surface area (Å²) in [5.74, 6) is 0.0137. The average molecular weight is 384 g/mol. The van der Waals surface area contributed by atoms with Gasteiger partial charge in [0.1, 0.15) is 5.58 Å². The molecule has 1 N–H and O–H groups in total. The summed E-state index contributed by atoms with van der Waals surface area (Å²) < 4.78 is 5.68. The van der Waals surface area contributed by atoms with Gasteiger partial charge in [0, 0.05) is 36.6 Å². The van der Waals surface area contributed by atoms with Crippen molar-refractivity contribution in [2.75, 3.05) is 42.9 Å². The molecule has 0 atom stereocenters. The topological polar surface area (TPSA) is 48.7 Å². The Balaban J connectivity index is 1.57. The van der Waals surface area contributed by atoms with Gasteiger partial charge >= 0.3 is 0 Å². The van der Waals surface area contributed by atoms with Crippen molar-refractivity contribution in [3.8, 4) is 0 Å². The molecule has 0 bridgehead atoms. The number of nitrogens with one attached hydrogen (secondary N) is 1. The van der Waals surface area contributed by atoms with Gasteiger partial charge in [-0.05, 0) is 36.9 Å². The van der Waals surface area contributed by atoms with E-state index in [1.54, 1.807) is 12.1 Å². The molecule has 27 heavy (non-hydrogen) atoms. The first kappa shape index (κ1) is 17.9. The number of likely N-dealkylation sites (N-methyl/N-ethyl adjacent to an activating group) is 1. The predicted octanol–water partition coefficient (Wildman–Crippen LogP) is 4.48. The van der Waals surface area contributed by atoms with Gasteiger partial charge in [0.25, 0.3) is 5.91 Å². The number of benzene rings is 2. The molecule has 4 rings (SSSR count). The molecule has 3 aromatic rings. The highest BCUT2D eigenvalue weighted by Gasteiger charge is 2.20. The third kappa shape index (κ3) is 3.80. The lowest BCUT2D eigenvalue weighted by Gasteiger charge is -2.36. The molecule has 2 heterocycles. The summed E-state index contributed by atoms with van der Waals surface area (Å²) in [6.07, 6.45) is 0. The third-order valence-electron chi connectivity index (χ3n) is 5.02. The molecule has 1 amide bonds. The van der Waals surface area contributed by atoms with Gasteiger partial charge in [0.15, 0.2) is 5.76 Å². The Labute approximate surface area is 163 Å². The van der Waals surface area contributed by atoms with Gasteiger partial charge in [-0.3, -0.25) is 4.79 Å².